The van der Waals surface area contributed by atoms with Gasteiger partial charge >= 0.3 is 0 Å². The van der Waals surface area contributed by atoms with Gasteiger partial charge in [0.1, 0.15) is 12.4 Å². The van der Waals surface area contributed by atoms with Gasteiger partial charge in [0.15, 0.2) is 11.5 Å². The molecule has 0 aliphatic rings. The predicted molar refractivity (Wildman–Crippen MR) is 124 cm³/mol. The van der Waals surface area contributed by atoms with Crippen molar-refractivity contribution in [2.24, 2.45) is 5.10 Å². The number of hydrogen-bond acceptors (Lipinski definition) is 5. The topological polar surface area (TPSA) is 69.2 Å². The second-order valence-corrected chi connectivity index (χ2v) is 7.40. The number of carbonyl (C=O) groups is 1. The van der Waals surface area contributed by atoms with Crippen LogP contribution in [0.25, 0.3) is 0 Å². The number of rotatable bonds is 9. The molecule has 0 saturated heterocycles. The quantitative estimate of drug-likeness (QED) is 0.336. The largest absolute Gasteiger partial charge is 0.497 e. The number of carbonyl (C=O) groups excluding carboxylic acids is 1. The van der Waals surface area contributed by atoms with Gasteiger partial charge in [-0.25, -0.2) is 5.43 Å². The molecule has 0 unspecified atom stereocenters. The molecule has 7 heteroatoms. The van der Waals surface area contributed by atoms with Crippen molar-refractivity contribution in [3.63, 3.8) is 0 Å². The predicted octanol–water partition coefficient (Wildman–Crippen LogP) is 5.20. The molecule has 0 radical (unpaired) electrons. The summed E-state index contributed by atoms with van der Waals surface area (Å²) >= 11 is 3.43. The van der Waals surface area contributed by atoms with E-state index in [2.05, 4.69) is 26.5 Å². The van der Waals surface area contributed by atoms with Gasteiger partial charge in [-0.3, -0.25) is 4.79 Å². The number of ether oxygens (including phenoxy) is 3. The van der Waals surface area contributed by atoms with Crippen molar-refractivity contribution in [2.45, 2.75) is 13.5 Å². The highest BCUT2D eigenvalue weighted by Crippen LogP contribution is 2.29. The van der Waals surface area contributed by atoms with E-state index in [9.17, 15) is 4.79 Å². The smallest absolute Gasteiger partial charge is 0.271 e. The summed E-state index contributed by atoms with van der Waals surface area (Å²) in [6.45, 7) is 2.84. The lowest BCUT2D eigenvalue weighted by Crippen LogP contribution is -2.17. The number of hydrazone groups is 1. The molecular weight excluding hydrogens is 460 g/mol. The maximum absolute atomic E-state index is 12.2. The first-order chi connectivity index (χ1) is 15.1. The van der Waals surface area contributed by atoms with Crippen molar-refractivity contribution in [1.82, 2.24) is 5.43 Å². The Bertz CT molecular complexity index is 1050. The van der Waals surface area contributed by atoms with Crippen molar-refractivity contribution >= 4 is 28.1 Å². The molecule has 0 aliphatic carbocycles. The second-order valence-electron chi connectivity index (χ2n) is 6.49. The van der Waals surface area contributed by atoms with Crippen LogP contribution in [-0.4, -0.2) is 25.8 Å². The summed E-state index contributed by atoms with van der Waals surface area (Å²) in [5.41, 5.74) is 4.80. The third kappa shape index (κ3) is 6.58. The molecular formula is C24H23BrN2O4. The lowest BCUT2D eigenvalue weighted by molar-refractivity contribution is 0.0955. The molecule has 0 saturated carbocycles. The van der Waals surface area contributed by atoms with E-state index in [0.29, 0.717) is 36.0 Å². The van der Waals surface area contributed by atoms with Gasteiger partial charge in [-0.2, -0.15) is 5.10 Å². The van der Waals surface area contributed by atoms with E-state index in [0.717, 1.165) is 15.6 Å². The van der Waals surface area contributed by atoms with Gasteiger partial charge in [0.25, 0.3) is 5.91 Å². The summed E-state index contributed by atoms with van der Waals surface area (Å²) in [5, 5.41) is 4.04. The molecule has 3 rings (SSSR count). The summed E-state index contributed by atoms with van der Waals surface area (Å²) in [4.78, 5) is 12.2. The minimum atomic E-state index is -0.324. The zero-order valence-corrected chi connectivity index (χ0v) is 18.9. The van der Waals surface area contributed by atoms with E-state index in [1.54, 1.807) is 37.6 Å². The van der Waals surface area contributed by atoms with Crippen LogP contribution in [0.3, 0.4) is 0 Å². The Balaban J connectivity index is 1.65. The summed E-state index contributed by atoms with van der Waals surface area (Å²) in [6, 6.07) is 20.3. The number of benzene rings is 3. The Morgan fingerprint density at radius 2 is 1.84 bits per heavy atom. The van der Waals surface area contributed by atoms with Gasteiger partial charge < -0.3 is 14.2 Å². The van der Waals surface area contributed by atoms with Gasteiger partial charge in [-0.05, 0) is 66.6 Å². The summed E-state index contributed by atoms with van der Waals surface area (Å²) in [7, 11) is 1.55. The van der Waals surface area contributed by atoms with Crippen molar-refractivity contribution in [1.29, 1.82) is 0 Å². The van der Waals surface area contributed by atoms with Crippen LogP contribution in [0.2, 0.25) is 0 Å². The lowest BCUT2D eigenvalue weighted by Gasteiger charge is -2.12. The van der Waals surface area contributed by atoms with E-state index < -0.39 is 0 Å². The first-order valence-corrected chi connectivity index (χ1v) is 10.5. The maximum Gasteiger partial charge on any atom is 0.271 e. The van der Waals surface area contributed by atoms with E-state index in [1.165, 1.54) is 0 Å². The highest BCUT2D eigenvalue weighted by molar-refractivity contribution is 9.10. The molecule has 0 fully saturated rings. The van der Waals surface area contributed by atoms with Crippen LogP contribution in [0.1, 0.15) is 28.4 Å². The third-order valence-electron chi connectivity index (χ3n) is 4.29. The molecule has 3 aromatic carbocycles. The van der Waals surface area contributed by atoms with Gasteiger partial charge in [0, 0.05) is 10.0 Å². The van der Waals surface area contributed by atoms with Crippen LogP contribution < -0.4 is 19.6 Å². The number of halogens is 1. The Morgan fingerprint density at radius 1 is 1.03 bits per heavy atom. The third-order valence-corrected chi connectivity index (χ3v) is 4.82. The van der Waals surface area contributed by atoms with Gasteiger partial charge in [0.05, 0.1) is 19.9 Å². The normalized spacial score (nSPS) is 10.7. The van der Waals surface area contributed by atoms with E-state index in [4.69, 9.17) is 14.2 Å². The summed E-state index contributed by atoms with van der Waals surface area (Å²) in [5.74, 6) is 1.54. The molecule has 6 nitrogen and oxygen atoms in total. The molecule has 3 aromatic rings. The Labute approximate surface area is 190 Å². The number of hydrogen-bond donors (Lipinski definition) is 1. The molecule has 160 valence electrons. The standard InChI is InChI=1S/C24H23BrN2O4/c1-3-30-23-13-18(9-12-22(23)31-16-17-7-10-20(25)11-8-17)15-26-27-24(28)19-5-4-6-21(14-19)29-2/h4-15H,3,16H2,1-2H3,(H,27,28)/b26-15+. The Kier molecular flexibility index (Phi) is 8.06. The van der Waals surface area contributed by atoms with E-state index >= 15 is 0 Å². The lowest BCUT2D eigenvalue weighted by atomic mass is 10.2. The number of methoxy groups -OCH3 is 1. The fourth-order valence-electron chi connectivity index (χ4n) is 2.73. The minimum Gasteiger partial charge on any atom is -0.497 e. The zero-order valence-electron chi connectivity index (χ0n) is 17.3. The van der Waals surface area contributed by atoms with Crippen LogP contribution >= 0.6 is 15.9 Å². The first-order valence-electron chi connectivity index (χ1n) is 9.70. The fourth-order valence-corrected chi connectivity index (χ4v) is 2.99. The zero-order chi connectivity index (χ0) is 22.1. The molecule has 0 aromatic heterocycles. The van der Waals surface area contributed by atoms with Crippen molar-refractivity contribution < 1.29 is 19.0 Å². The number of nitrogens with one attached hydrogen (secondary N) is 1. The molecule has 0 atom stereocenters. The van der Waals surface area contributed by atoms with Crippen LogP contribution in [0, 0.1) is 0 Å². The monoisotopic (exact) mass is 482 g/mol. The Morgan fingerprint density at radius 3 is 2.58 bits per heavy atom. The molecule has 0 spiro atoms. The SMILES string of the molecule is CCOc1cc(/C=N/NC(=O)c2cccc(OC)c2)ccc1OCc1ccc(Br)cc1. The van der Waals surface area contributed by atoms with Crippen LogP contribution in [-0.2, 0) is 6.61 Å². The molecule has 0 aliphatic heterocycles. The van der Waals surface area contributed by atoms with Crippen molar-refractivity contribution in [3.8, 4) is 17.2 Å². The summed E-state index contributed by atoms with van der Waals surface area (Å²) in [6.07, 6.45) is 1.55. The van der Waals surface area contributed by atoms with Crippen LogP contribution in [0.4, 0.5) is 0 Å². The number of amides is 1. The molecule has 1 amide bonds. The second kappa shape index (κ2) is 11.2. The molecule has 0 bridgehead atoms. The maximum atomic E-state index is 12.2. The fraction of sp³-hybridized carbons (Fsp3) is 0.167. The average molecular weight is 483 g/mol. The van der Waals surface area contributed by atoms with Crippen molar-refractivity contribution in [3.05, 3.63) is 87.9 Å². The van der Waals surface area contributed by atoms with E-state index in [-0.39, 0.29) is 5.91 Å². The van der Waals surface area contributed by atoms with Gasteiger partial charge in [-0.15, -0.1) is 0 Å². The highest BCUT2D eigenvalue weighted by atomic mass is 79.9. The number of nitrogens with zero attached hydrogens (tertiary/aromatic N) is 1. The van der Waals surface area contributed by atoms with Gasteiger partial charge in [0.2, 0.25) is 0 Å². The minimum absolute atomic E-state index is 0.324. The van der Waals surface area contributed by atoms with Crippen molar-refractivity contribution in [2.75, 3.05) is 13.7 Å². The summed E-state index contributed by atoms with van der Waals surface area (Å²) < 4.78 is 17.8. The molecule has 31 heavy (non-hydrogen) atoms. The van der Waals surface area contributed by atoms with E-state index in [1.807, 2.05) is 49.4 Å². The molecule has 1 N–H and O–H groups in total. The van der Waals surface area contributed by atoms with Gasteiger partial charge in [-0.1, -0.05) is 34.1 Å². The van der Waals surface area contributed by atoms with Crippen LogP contribution in [0.15, 0.2) is 76.3 Å². The average Bonchev–Trinajstić information content (AvgIpc) is 2.80. The highest BCUT2D eigenvalue weighted by Gasteiger charge is 2.08. The van der Waals surface area contributed by atoms with Crippen LogP contribution in [0.5, 0.6) is 17.2 Å². The molecule has 0 heterocycles. The Hall–Kier alpha value is -3.32. The first kappa shape index (κ1) is 22.4.